The van der Waals surface area contributed by atoms with E-state index in [1.165, 1.54) is 144 Å². The molecular weight excluding hydrogens is 581 g/mol. The third-order valence-electron chi connectivity index (χ3n) is 13.3. The second-order valence-electron chi connectivity index (χ2n) is 15.1. The summed E-state index contributed by atoms with van der Waals surface area (Å²) in [6.45, 7) is 34.6. The normalized spacial score (nSPS) is 12.2. The van der Waals surface area contributed by atoms with Crippen LogP contribution in [-0.4, -0.2) is 9.13 Å². The van der Waals surface area contributed by atoms with Crippen molar-refractivity contribution in [3.63, 3.8) is 0 Å². The van der Waals surface area contributed by atoms with Gasteiger partial charge in [0.05, 0.1) is 22.1 Å². The SMILES string of the molecule is Cc1c(C)c(C)c2c(c1C)c1c(C)c(-c3ccc(-n4c5c(C)c(C)c(C)c(C)c5c5c(C)c(C)c(C)c(C)c54)cc3)c(C)c(C)c1n2C. The molecule has 0 saturated heterocycles. The van der Waals surface area contributed by atoms with Gasteiger partial charge in [0, 0.05) is 34.3 Å². The highest BCUT2D eigenvalue weighted by atomic mass is 15.0. The average Bonchev–Trinajstić information content (AvgIpc) is 3.59. The number of benzene rings is 5. The van der Waals surface area contributed by atoms with E-state index in [4.69, 9.17) is 0 Å². The second kappa shape index (κ2) is 10.6. The van der Waals surface area contributed by atoms with Crippen LogP contribution in [0.1, 0.15) is 83.5 Å². The zero-order chi connectivity index (χ0) is 35.0. The van der Waals surface area contributed by atoms with Crippen LogP contribution in [0, 0.1) is 104 Å². The monoisotopic (exact) mass is 632 g/mol. The number of fused-ring (bicyclic) bond motifs is 6. The predicted molar refractivity (Wildman–Crippen MR) is 211 cm³/mol. The van der Waals surface area contributed by atoms with Crippen LogP contribution >= 0.6 is 0 Å². The molecule has 2 aromatic heterocycles. The van der Waals surface area contributed by atoms with Crippen LogP contribution in [0.2, 0.25) is 0 Å². The van der Waals surface area contributed by atoms with Crippen LogP contribution in [0.25, 0.3) is 60.4 Å². The first-order valence-electron chi connectivity index (χ1n) is 17.6. The summed E-state index contributed by atoms with van der Waals surface area (Å²) in [4.78, 5) is 0. The van der Waals surface area contributed by atoms with Gasteiger partial charge in [-0.1, -0.05) is 12.1 Å². The molecule has 7 aromatic rings. The second-order valence-corrected chi connectivity index (χ2v) is 15.1. The van der Waals surface area contributed by atoms with Gasteiger partial charge in [-0.2, -0.15) is 0 Å². The zero-order valence-corrected chi connectivity index (χ0v) is 32.2. The standard InChI is InChI=1S/C46H52N2/c1-21-24(4)31(11)43-39(27(21)7)42-35(15)38(30(10)34(14)44(42)47(43)16)36-17-19-37(20-18-36)48-45-32(12)25(5)22(2)28(8)40(45)41-29(9)23(3)26(6)33(13)46(41)48/h17-20H,1-16H3. The summed E-state index contributed by atoms with van der Waals surface area (Å²) in [7, 11) is 2.26. The maximum Gasteiger partial charge on any atom is 0.0575 e. The van der Waals surface area contributed by atoms with E-state index in [-0.39, 0.29) is 0 Å². The molecule has 0 atom stereocenters. The Morgan fingerprint density at radius 3 is 1.04 bits per heavy atom. The number of nitrogens with zero attached hydrogens (tertiary/aromatic N) is 2. The van der Waals surface area contributed by atoms with E-state index in [1.807, 2.05) is 0 Å². The number of hydrogen-bond acceptors (Lipinski definition) is 0. The lowest BCUT2D eigenvalue weighted by Gasteiger charge is -2.18. The molecule has 0 aliphatic carbocycles. The van der Waals surface area contributed by atoms with E-state index in [9.17, 15) is 0 Å². The number of hydrogen-bond donors (Lipinski definition) is 0. The summed E-state index contributed by atoms with van der Waals surface area (Å²) in [6, 6.07) is 9.48. The quantitative estimate of drug-likeness (QED) is 0.179. The van der Waals surface area contributed by atoms with Gasteiger partial charge in [-0.3, -0.25) is 0 Å². The minimum Gasteiger partial charge on any atom is -0.343 e. The van der Waals surface area contributed by atoms with Crippen LogP contribution in [0.3, 0.4) is 0 Å². The van der Waals surface area contributed by atoms with E-state index in [0.717, 1.165) is 0 Å². The zero-order valence-electron chi connectivity index (χ0n) is 32.2. The molecule has 48 heavy (non-hydrogen) atoms. The summed E-state index contributed by atoms with van der Waals surface area (Å²) in [5.41, 5.74) is 30.2. The molecule has 0 radical (unpaired) electrons. The van der Waals surface area contributed by atoms with Crippen molar-refractivity contribution in [2.75, 3.05) is 0 Å². The molecule has 0 fully saturated rings. The van der Waals surface area contributed by atoms with Gasteiger partial charge in [0.25, 0.3) is 0 Å². The molecule has 0 aliphatic rings. The van der Waals surface area contributed by atoms with Gasteiger partial charge in [-0.25, -0.2) is 0 Å². The van der Waals surface area contributed by atoms with Gasteiger partial charge in [0.1, 0.15) is 0 Å². The van der Waals surface area contributed by atoms with Crippen molar-refractivity contribution < 1.29 is 0 Å². The smallest absolute Gasteiger partial charge is 0.0575 e. The highest BCUT2D eigenvalue weighted by Gasteiger charge is 2.26. The van der Waals surface area contributed by atoms with E-state index < -0.39 is 0 Å². The van der Waals surface area contributed by atoms with Crippen molar-refractivity contribution in [1.29, 1.82) is 0 Å². The summed E-state index contributed by atoms with van der Waals surface area (Å²) in [5.74, 6) is 0. The maximum atomic E-state index is 2.58. The van der Waals surface area contributed by atoms with Crippen LogP contribution in [0.4, 0.5) is 0 Å². The first kappa shape index (κ1) is 32.3. The highest BCUT2D eigenvalue weighted by molar-refractivity contribution is 6.17. The van der Waals surface area contributed by atoms with Gasteiger partial charge >= 0.3 is 0 Å². The molecule has 0 amide bonds. The van der Waals surface area contributed by atoms with Crippen molar-refractivity contribution in [3.8, 4) is 16.8 Å². The summed E-state index contributed by atoms with van der Waals surface area (Å²) >= 11 is 0. The first-order valence-corrected chi connectivity index (χ1v) is 17.6. The van der Waals surface area contributed by atoms with E-state index in [1.54, 1.807) is 0 Å². The summed E-state index contributed by atoms with van der Waals surface area (Å²) in [5, 5.41) is 5.66. The Hall–Kier alpha value is -4.30. The van der Waals surface area contributed by atoms with Crippen molar-refractivity contribution in [2.24, 2.45) is 7.05 Å². The fourth-order valence-corrected chi connectivity index (χ4v) is 9.33. The van der Waals surface area contributed by atoms with Crippen LogP contribution < -0.4 is 0 Å². The molecule has 0 aliphatic heterocycles. The number of aryl methyl sites for hydroxylation is 9. The molecular formula is C46H52N2. The first-order chi connectivity index (χ1) is 22.5. The van der Waals surface area contributed by atoms with E-state index in [2.05, 4.69) is 144 Å². The van der Waals surface area contributed by atoms with E-state index in [0.29, 0.717) is 0 Å². The van der Waals surface area contributed by atoms with Crippen molar-refractivity contribution in [2.45, 2.75) is 104 Å². The topological polar surface area (TPSA) is 9.86 Å². The fraction of sp³-hybridized carbons (Fsp3) is 0.348. The molecule has 2 heteroatoms. The van der Waals surface area contributed by atoms with Crippen molar-refractivity contribution in [1.82, 2.24) is 9.13 Å². The highest BCUT2D eigenvalue weighted by Crippen LogP contribution is 2.46. The van der Waals surface area contributed by atoms with Crippen molar-refractivity contribution >= 4 is 43.6 Å². The lowest BCUT2D eigenvalue weighted by molar-refractivity contribution is 0.996. The number of rotatable bonds is 2. The van der Waals surface area contributed by atoms with Gasteiger partial charge in [-0.15, -0.1) is 0 Å². The maximum absolute atomic E-state index is 2.58. The molecule has 246 valence electrons. The average molecular weight is 633 g/mol. The molecule has 5 aromatic carbocycles. The molecule has 0 bridgehead atoms. The fourth-order valence-electron chi connectivity index (χ4n) is 9.33. The minimum atomic E-state index is 1.23. The third kappa shape index (κ3) is 3.86. The summed E-state index contributed by atoms with van der Waals surface area (Å²) < 4.78 is 5.04. The Balaban J connectivity index is 1.55. The Morgan fingerprint density at radius 2 is 0.625 bits per heavy atom. The van der Waals surface area contributed by atoms with Gasteiger partial charge in [-0.05, 0) is 211 Å². The Kier molecular flexibility index (Phi) is 7.12. The van der Waals surface area contributed by atoms with Gasteiger partial charge in [0.2, 0.25) is 0 Å². The molecule has 0 spiro atoms. The van der Waals surface area contributed by atoms with Gasteiger partial charge in [0.15, 0.2) is 0 Å². The predicted octanol–water partition coefficient (Wildman–Crippen LogP) is 12.7. The lowest BCUT2D eigenvalue weighted by atomic mass is 9.87. The van der Waals surface area contributed by atoms with E-state index >= 15 is 0 Å². The van der Waals surface area contributed by atoms with Gasteiger partial charge < -0.3 is 9.13 Å². The van der Waals surface area contributed by atoms with Crippen LogP contribution in [0.15, 0.2) is 24.3 Å². The Labute approximate surface area is 287 Å². The van der Waals surface area contributed by atoms with Crippen LogP contribution in [-0.2, 0) is 7.05 Å². The largest absolute Gasteiger partial charge is 0.343 e. The molecule has 0 N–H and O–H groups in total. The van der Waals surface area contributed by atoms with Crippen LogP contribution in [0.5, 0.6) is 0 Å². The minimum absolute atomic E-state index is 1.23. The molecule has 2 nitrogen and oxygen atoms in total. The Bertz CT molecular complexity index is 2500. The Morgan fingerprint density at radius 1 is 0.312 bits per heavy atom. The number of aromatic nitrogens is 2. The summed E-state index contributed by atoms with van der Waals surface area (Å²) in [6.07, 6.45) is 0. The molecule has 2 heterocycles. The molecule has 7 rings (SSSR count). The van der Waals surface area contributed by atoms with Crippen molar-refractivity contribution in [3.05, 3.63) is 108 Å². The molecule has 0 saturated carbocycles. The third-order valence-corrected chi connectivity index (χ3v) is 13.3. The molecule has 0 unspecified atom stereocenters. The lowest BCUT2D eigenvalue weighted by Crippen LogP contribution is -2.01.